The first kappa shape index (κ1) is 16.8. The smallest absolute Gasteiger partial charge is 0.407 e. The summed E-state index contributed by atoms with van der Waals surface area (Å²) in [6.07, 6.45) is 1.88. The number of nitrogens with zero attached hydrogens (tertiary/aromatic N) is 1. The average molecular weight is 286 g/mol. The highest BCUT2D eigenvalue weighted by molar-refractivity contribution is 5.67. The maximum Gasteiger partial charge on any atom is 0.407 e. The molecule has 6 heteroatoms. The van der Waals surface area contributed by atoms with Crippen molar-refractivity contribution >= 4 is 12.1 Å². The van der Waals surface area contributed by atoms with Crippen LogP contribution in [0, 0.1) is 5.92 Å². The minimum Gasteiger partial charge on any atom is -0.481 e. The molecule has 116 valence electrons. The zero-order valence-corrected chi connectivity index (χ0v) is 12.6. The molecule has 1 aliphatic rings. The quantitative estimate of drug-likeness (QED) is 0.804. The second-order valence-corrected chi connectivity index (χ2v) is 6.34. The highest BCUT2D eigenvalue weighted by atomic mass is 16.6. The number of piperidine rings is 1. The van der Waals surface area contributed by atoms with E-state index in [1.54, 1.807) is 0 Å². The Morgan fingerprint density at radius 3 is 2.70 bits per heavy atom. The van der Waals surface area contributed by atoms with Crippen molar-refractivity contribution in [2.75, 3.05) is 26.2 Å². The summed E-state index contributed by atoms with van der Waals surface area (Å²) in [5.74, 6) is -0.399. The minimum atomic E-state index is -0.765. The van der Waals surface area contributed by atoms with Crippen LogP contribution in [0.4, 0.5) is 4.79 Å². The maximum atomic E-state index is 11.6. The van der Waals surface area contributed by atoms with Gasteiger partial charge in [0.1, 0.15) is 5.60 Å². The van der Waals surface area contributed by atoms with Gasteiger partial charge in [0.05, 0.1) is 6.42 Å². The predicted molar refractivity (Wildman–Crippen MR) is 75.7 cm³/mol. The molecule has 0 aromatic heterocycles. The van der Waals surface area contributed by atoms with Gasteiger partial charge in [0.25, 0.3) is 0 Å². The summed E-state index contributed by atoms with van der Waals surface area (Å²) in [6, 6.07) is 0. The second kappa shape index (κ2) is 7.47. The van der Waals surface area contributed by atoms with Crippen molar-refractivity contribution in [1.82, 2.24) is 10.2 Å². The highest BCUT2D eigenvalue weighted by Crippen LogP contribution is 2.16. The largest absolute Gasteiger partial charge is 0.481 e. The molecule has 1 aliphatic heterocycles. The van der Waals surface area contributed by atoms with Crippen LogP contribution in [0.5, 0.6) is 0 Å². The Labute approximate surface area is 120 Å². The molecule has 0 radical (unpaired) electrons. The van der Waals surface area contributed by atoms with Gasteiger partial charge >= 0.3 is 12.1 Å². The third-order valence-electron chi connectivity index (χ3n) is 3.18. The molecule has 6 nitrogen and oxygen atoms in total. The number of nitrogens with one attached hydrogen (secondary N) is 1. The van der Waals surface area contributed by atoms with Crippen molar-refractivity contribution in [3.63, 3.8) is 0 Å². The molecule has 0 aromatic rings. The first-order chi connectivity index (χ1) is 9.26. The van der Waals surface area contributed by atoms with E-state index >= 15 is 0 Å². The SMILES string of the molecule is CC(C)(C)OC(=O)NCC1CCCN(CCC(=O)O)C1. The summed E-state index contributed by atoms with van der Waals surface area (Å²) in [6.45, 7) is 8.44. The normalized spacial score (nSPS) is 20.4. The molecule has 20 heavy (non-hydrogen) atoms. The van der Waals surface area contributed by atoms with E-state index in [4.69, 9.17) is 9.84 Å². The number of likely N-dealkylation sites (tertiary alicyclic amines) is 1. The van der Waals surface area contributed by atoms with E-state index in [0.717, 1.165) is 25.9 Å². The monoisotopic (exact) mass is 286 g/mol. The molecule has 0 spiro atoms. The van der Waals surface area contributed by atoms with Crippen molar-refractivity contribution in [3.05, 3.63) is 0 Å². The van der Waals surface area contributed by atoms with Gasteiger partial charge in [0.15, 0.2) is 0 Å². The lowest BCUT2D eigenvalue weighted by atomic mass is 9.98. The van der Waals surface area contributed by atoms with Crippen LogP contribution >= 0.6 is 0 Å². The van der Waals surface area contributed by atoms with E-state index in [1.807, 2.05) is 20.8 Å². The Balaban J connectivity index is 2.26. The first-order valence-corrected chi connectivity index (χ1v) is 7.17. The van der Waals surface area contributed by atoms with Gasteiger partial charge in [-0.05, 0) is 46.1 Å². The highest BCUT2D eigenvalue weighted by Gasteiger charge is 2.22. The van der Waals surface area contributed by atoms with Gasteiger partial charge in [-0.25, -0.2) is 4.79 Å². The molecule has 1 rings (SSSR count). The summed E-state index contributed by atoms with van der Waals surface area (Å²) in [5.41, 5.74) is -0.482. The summed E-state index contributed by atoms with van der Waals surface area (Å²) in [5, 5.41) is 11.5. The first-order valence-electron chi connectivity index (χ1n) is 7.17. The van der Waals surface area contributed by atoms with Crippen LogP contribution < -0.4 is 5.32 Å². The molecule has 1 unspecified atom stereocenters. The zero-order chi connectivity index (χ0) is 15.2. The van der Waals surface area contributed by atoms with Crippen LogP contribution in [0.15, 0.2) is 0 Å². The molecule has 1 saturated heterocycles. The Morgan fingerprint density at radius 2 is 2.10 bits per heavy atom. The number of carboxylic acid groups (broad SMARTS) is 1. The molecule has 0 aliphatic carbocycles. The lowest BCUT2D eigenvalue weighted by Crippen LogP contribution is -2.42. The van der Waals surface area contributed by atoms with Gasteiger partial charge in [0, 0.05) is 19.6 Å². The van der Waals surface area contributed by atoms with E-state index in [2.05, 4.69) is 10.2 Å². The molecule has 0 aromatic carbocycles. The Morgan fingerprint density at radius 1 is 1.40 bits per heavy atom. The van der Waals surface area contributed by atoms with Gasteiger partial charge in [-0.3, -0.25) is 4.79 Å². The van der Waals surface area contributed by atoms with Gasteiger partial charge in [-0.15, -0.1) is 0 Å². The number of carboxylic acids is 1. The third-order valence-corrected chi connectivity index (χ3v) is 3.18. The molecule has 2 N–H and O–H groups in total. The fraction of sp³-hybridized carbons (Fsp3) is 0.857. The van der Waals surface area contributed by atoms with Crippen LogP contribution in [-0.2, 0) is 9.53 Å². The average Bonchev–Trinajstić information content (AvgIpc) is 2.32. The van der Waals surface area contributed by atoms with Crippen LogP contribution in [0.2, 0.25) is 0 Å². The summed E-state index contributed by atoms with van der Waals surface area (Å²) < 4.78 is 5.19. The van der Waals surface area contributed by atoms with Crippen molar-refractivity contribution < 1.29 is 19.4 Å². The molecular weight excluding hydrogens is 260 g/mol. The fourth-order valence-corrected chi connectivity index (χ4v) is 2.32. The number of hydrogen-bond acceptors (Lipinski definition) is 4. The lowest BCUT2D eigenvalue weighted by molar-refractivity contribution is -0.137. The molecule has 1 heterocycles. The van der Waals surface area contributed by atoms with Gasteiger partial charge in [-0.2, -0.15) is 0 Å². The van der Waals surface area contributed by atoms with E-state index < -0.39 is 11.6 Å². The molecular formula is C14H26N2O4. The zero-order valence-electron chi connectivity index (χ0n) is 12.6. The fourth-order valence-electron chi connectivity index (χ4n) is 2.32. The molecule has 0 bridgehead atoms. The van der Waals surface area contributed by atoms with Gasteiger partial charge < -0.3 is 20.1 Å². The number of carbonyl (C=O) groups is 2. The van der Waals surface area contributed by atoms with Crippen molar-refractivity contribution in [3.8, 4) is 0 Å². The Bertz CT molecular complexity index is 339. The summed E-state index contributed by atoms with van der Waals surface area (Å²) >= 11 is 0. The van der Waals surface area contributed by atoms with E-state index in [1.165, 1.54) is 0 Å². The van der Waals surface area contributed by atoms with Crippen LogP contribution in [0.25, 0.3) is 0 Å². The van der Waals surface area contributed by atoms with Crippen LogP contribution in [-0.4, -0.2) is 53.8 Å². The lowest BCUT2D eigenvalue weighted by Gasteiger charge is -2.32. The number of carbonyl (C=O) groups excluding carboxylic acids is 1. The molecule has 0 saturated carbocycles. The number of alkyl carbamates (subject to hydrolysis) is 1. The Kier molecular flexibility index (Phi) is 6.26. The minimum absolute atomic E-state index is 0.173. The van der Waals surface area contributed by atoms with Crippen LogP contribution in [0.3, 0.4) is 0 Å². The number of aliphatic carboxylic acids is 1. The molecule has 1 fully saturated rings. The van der Waals surface area contributed by atoms with Gasteiger partial charge in [0.2, 0.25) is 0 Å². The standard InChI is InChI=1S/C14H26N2O4/c1-14(2,3)20-13(19)15-9-11-5-4-7-16(10-11)8-6-12(17)18/h11H,4-10H2,1-3H3,(H,15,19)(H,17,18). The number of hydrogen-bond donors (Lipinski definition) is 2. The second-order valence-electron chi connectivity index (χ2n) is 6.34. The maximum absolute atomic E-state index is 11.6. The number of rotatable bonds is 5. The molecule has 1 atom stereocenters. The van der Waals surface area contributed by atoms with Crippen molar-refractivity contribution in [1.29, 1.82) is 0 Å². The van der Waals surface area contributed by atoms with Crippen molar-refractivity contribution in [2.45, 2.75) is 45.6 Å². The topological polar surface area (TPSA) is 78.9 Å². The summed E-state index contributed by atoms with van der Waals surface area (Å²) in [7, 11) is 0. The molecule has 1 amide bonds. The van der Waals surface area contributed by atoms with Gasteiger partial charge in [-0.1, -0.05) is 0 Å². The van der Waals surface area contributed by atoms with E-state index in [-0.39, 0.29) is 12.5 Å². The number of ether oxygens (including phenoxy) is 1. The van der Waals surface area contributed by atoms with E-state index in [9.17, 15) is 9.59 Å². The third kappa shape index (κ3) is 7.33. The number of amides is 1. The predicted octanol–water partition coefficient (Wildman–Crippen LogP) is 1.70. The van der Waals surface area contributed by atoms with Crippen molar-refractivity contribution in [2.24, 2.45) is 5.92 Å². The Hall–Kier alpha value is -1.30. The van der Waals surface area contributed by atoms with E-state index in [0.29, 0.717) is 19.0 Å². The summed E-state index contributed by atoms with van der Waals surface area (Å²) in [4.78, 5) is 24.3. The van der Waals surface area contributed by atoms with Crippen LogP contribution in [0.1, 0.15) is 40.0 Å².